The van der Waals surface area contributed by atoms with E-state index in [9.17, 15) is 0 Å². The van der Waals surface area contributed by atoms with Crippen LogP contribution in [-0.2, 0) is 0 Å². The largest absolute Gasteiger partial charge is 0.395 e. The minimum absolute atomic E-state index is 0.214. The van der Waals surface area contributed by atoms with Crippen LogP contribution in [0.5, 0.6) is 0 Å². The fraction of sp³-hybridized carbons (Fsp3) is 0.750. The van der Waals surface area contributed by atoms with Crippen LogP contribution in [0.1, 0.15) is 6.92 Å². The van der Waals surface area contributed by atoms with E-state index < -0.39 is 0 Å². The fourth-order valence-electron chi connectivity index (χ4n) is 0.635. The zero-order chi connectivity index (χ0) is 8.69. The van der Waals surface area contributed by atoms with Crippen molar-refractivity contribution in [3.63, 3.8) is 0 Å². The molecular formula is C8H17NOS. The zero-order valence-electron chi connectivity index (χ0n) is 7.20. The van der Waals surface area contributed by atoms with E-state index >= 15 is 0 Å². The number of hydrogen-bond donors (Lipinski definition) is 2. The Morgan fingerprint density at radius 3 is 2.64 bits per heavy atom. The predicted molar refractivity (Wildman–Crippen MR) is 52.2 cm³/mol. The van der Waals surface area contributed by atoms with E-state index in [4.69, 9.17) is 5.11 Å². The van der Waals surface area contributed by atoms with Crippen molar-refractivity contribution in [2.75, 3.05) is 26.0 Å². The predicted octanol–water partition coefficient (Wildman–Crippen LogP) is 0.785. The molecule has 0 saturated heterocycles. The highest BCUT2D eigenvalue weighted by Crippen LogP contribution is 1.93. The van der Waals surface area contributed by atoms with Crippen LogP contribution in [0.3, 0.4) is 0 Å². The molecule has 0 fully saturated rings. The van der Waals surface area contributed by atoms with Crippen LogP contribution in [0.25, 0.3) is 0 Å². The summed E-state index contributed by atoms with van der Waals surface area (Å²) in [5.41, 5.74) is 0. The van der Waals surface area contributed by atoms with Gasteiger partial charge < -0.3 is 5.11 Å². The number of aliphatic hydroxyl groups excluding tert-OH is 1. The van der Waals surface area contributed by atoms with Gasteiger partial charge in [0, 0.05) is 18.3 Å². The maximum atomic E-state index is 8.78. The lowest BCUT2D eigenvalue weighted by atomic mass is 10.3. The SMILES string of the molecule is CC(CO)N(C)C/C=C/CS. The molecule has 1 N–H and O–H groups in total. The van der Waals surface area contributed by atoms with E-state index in [1.165, 1.54) is 0 Å². The summed E-state index contributed by atoms with van der Waals surface area (Å²) in [5.74, 6) is 0.779. The molecule has 0 amide bonds. The number of likely N-dealkylation sites (N-methyl/N-ethyl adjacent to an activating group) is 1. The Morgan fingerprint density at radius 1 is 1.55 bits per heavy atom. The minimum Gasteiger partial charge on any atom is -0.395 e. The molecule has 1 unspecified atom stereocenters. The van der Waals surface area contributed by atoms with Crippen molar-refractivity contribution in [3.05, 3.63) is 12.2 Å². The van der Waals surface area contributed by atoms with Gasteiger partial charge in [-0.1, -0.05) is 12.2 Å². The number of nitrogens with zero attached hydrogens (tertiary/aromatic N) is 1. The Balaban J connectivity index is 3.50. The smallest absolute Gasteiger partial charge is 0.0584 e. The van der Waals surface area contributed by atoms with Crippen molar-refractivity contribution in [3.8, 4) is 0 Å². The van der Waals surface area contributed by atoms with Gasteiger partial charge in [0.2, 0.25) is 0 Å². The first-order chi connectivity index (χ1) is 5.22. The highest BCUT2D eigenvalue weighted by Gasteiger charge is 2.03. The van der Waals surface area contributed by atoms with Crippen LogP contribution in [0.15, 0.2) is 12.2 Å². The van der Waals surface area contributed by atoms with Gasteiger partial charge in [0.1, 0.15) is 0 Å². The summed E-state index contributed by atoms with van der Waals surface area (Å²) < 4.78 is 0. The third kappa shape index (κ3) is 5.30. The molecule has 0 saturated carbocycles. The fourth-order valence-corrected chi connectivity index (χ4v) is 0.784. The molecule has 3 heteroatoms. The van der Waals surface area contributed by atoms with Gasteiger partial charge in [-0.25, -0.2) is 0 Å². The van der Waals surface area contributed by atoms with E-state index in [1.807, 2.05) is 20.0 Å². The van der Waals surface area contributed by atoms with Crippen LogP contribution < -0.4 is 0 Å². The van der Waals surface area contributed by atoms with E-state index in [1.54, 1.807) is 0 Å². The molecule has 0 aromatic rings. The summed E-state index contributed by atoms with van der Waals surface area (Å²) >= 11 is 4.04. The standard InChI is InChI=1S/C8H17NOS/c1-8(7-10)9(2)5-3-4-6-11/h3-4,8,10-11H,5-7H2,1-2H3/b4-3+. The van der Waals surface area contributed by atoms with Crippen LogP contribution in [0.4, 0.5) is 0 Å². The van der Waals surface area contributed by atoms with Gasteiger partial charge in [0.25, 0.3) is 0 Å². The second kappa shape index (κ2) is 6.70. The van der Waals surface area contributed by atoms with Gasteiger partial charge in [0.05, 0.1) is 6.61 Å². The Kier molecular flexibility index (Phi) is 6.71. The summed E-state index contributed by atoms with van der Waals surface area (Å²) in [6.07, 6.45) is 4.06. The molecule has 0 aliphatic rings. The molecular weight excluding hydrogens is 158 g/mol. The average Bonchev–Trinajstić information content (AvgIpc) is 2.03. The van der Waals surface area contributed by atoms with Crippen molar-refractivity contribution in [2.45, 2.75) is 13.0 Å². The number of rotatable bonds is 5. The average molecular weight is 175 g/mol. The molecule has 11 heavy (non-hydrogen) atoms. The molecule has 0 bridgehead atoms. The maximum absolute atomic E-state index is 8.78. The van der Waals surface area contributed by atoms with Gasteiger partial charge in [-0.3, -0.25) is 4.90 Å². The number of aliphatic hydroxyl groups is 1. The molecule has 0 heterocycles. The molecule has 0 aromatic carbocycles. The molecule has 0 aliphatic heterocycles. The Morgan fingerprint density at radius 2 is 2.18 bits per heavy atom. The number of hydrogen-bond acceptors (Lipinski definition) is 3. The van der Waals surface area contributed by atoms with Crippen LogP contribution in [-0.4, -0.2) is 42.0 Å². The van der Waals surface area contributed by atoms with Gasteiger partial charge in [-0.05, 0) is 14.0 Å². The van der Waals surface area contributed by atoms with Crippen molar-refractivity contribution < 1.29 is 5.11 Å². The molecule has 0 radical (unpaired) electrons. The topological polar surface area (TPSA) is 23.5 Å². The van der Waals surface area contributed by atoms with E-state index in [0.717, 1.165) is 12.3 Å². The van der Waals surface area contributed by atoms with Crippen molar-refractivity contribution >= 4 is 12.6 Å². The van der Waals surface area contributed by atoms with Crippen molar-refractivity contribution in [1.82, 2.24) is 4.90 Å². The quantitative estimate of drug-likeness (QED) is 0.476. The Bertz CT molecular complexity index is 117. The highest BCUT2D eigenvalue weighted by molar-refractivity contribution is 7.80. The highest BCUT2D eigenvalue weighted by atomic mass is 32.1. The van der Waals surface area contributed by atoms with Gasteiger partial charge in [-0.15, -0.1) is 0 Å². The van der Waals surface area contributed by atoms with Crippen LogP contribution >= 0.6 is 12.6 Å². The van der Waals surface area contributed by atoms with Crippen molar-refractivity contribution in [1.29, 1.82) is 0 Å². The molecule has 1 atom stereocenters. The maximum Gasteiger partial charge on any atom is 0.0584 e. The Hall–Kier alpha value is 0.01000. The lowest BCUT2D eigenvalue weighted by Gasteiger charge is -2.20. The summed E-state index contributed by atoms with van der Waals surface area (Å²) in [6.45, 7) is 3.09. The minimum atomic E-state index is 0.214. The summed E-state index contributed by atoms with van der Waals surface area (Å²) in [5, 5.41) is 8.78. The summed E-state index contributed by atoms with van der Waals surface area (Å²) in [6, 6.07) is 0.236. The molecule has 2 nitrogen and oxygen atoms in total. The summed E-state index contributed by atoms with van der Waals surface area (Å²) in [4.78, 5) is 2.08. The van der Waals surface area contributed by atoms with Gasteiger partial charge in [-0.2, -0.15) is 12.6 Å². The van der Waals surface area contributed by atoms with E-state index in [0.29, 0.717) is 0 Å². The second-order valence-electron chi connectivity index (χ2n) is 2.63. The first-order valence-corrected chi connectivity index (χ1v) is 4.42. The third-order valence-electron chi connectivity index (χ3n) is 1.68. The second-order valence-corrected chi connectivity index (χ2v) is 2.99. The van der Waals surface area contributed by atoms with Crippen LogP contribution in [0, 0.1) is 0 Å². The van der Waals surface area contributed by atoms with Gasteiger partial charge in [0.15, 0.2) is 0 Å². The molecule has 66 valence electrons. The normalized spacial score (nSPS) is 14.6. The van der Waals surface area contributed by atoms with E-state index in [2.05, 4.69) is 23.6 Å². The van der Waals surface area contributed by atoms with Crippen LogP contribution in [0.2, 0.25) is 0 Å². The third-order valence-corrected chi connectivity index (χ3v) is 1.89. The summed E-state index contributed by atoms with van der Waals surface area (Å²) in [7, 11) is 1.99. The van der Waals surface area contributed by atoms with Crippen molar-refractivity contribution in [2.24, 2.45) is 0 Å². The van der Waals surface area contributed by atoms with Gasteiger partial charge >= 0.3 is 0 Å². The first-order valence-electron chi connectivity index (χ1n) is 3.79. The zero-order valence-corrected chi connectivity index (χ0v) is 8.09. The first kappa shape index (κ1) is 11.0. The molecule has 0 spiro atoms. The monoisotopic (exact) mass is 175 g/mol. The lowest BCUT2D eigenvalue weighted by Crippen LogP contribution is -2.31. The molecule has 0 aliphatic carbocycles. The lowest BCUT2D eigenvalue weighted by molar-refractivity contribution is 0.170. The Labute approximate surface area is 74.3 Å². The molecule has 0 aromatic heterocycles. The molecule has 0 rings (SSSR count). The van der Waals surface area contributed by atoms with E-state index in [-0.39, 0.29) is 12.6 Å². The number of thiol groups is 1.